The first-order valence-corrected chi connectivity index (χ1v) is 6.42. The van der Waals surface area contributed by atoms with Crippen molar-refractivity contribution in [2.75, 3.05) is 33.0 Å². The molecule has 1 aliphatic rings. The smallest absolute Gasteiger partial charge is 0.381 e. The monoisotopic (exact) mass is 270 g/mol. The van der Waals surface area contributed by atoms with E-state index in [1.54, 1.807) is 0 Å². The summed E-state index contributed by atoms with van der Waals surface area (Å²) in [6.07, 6.45) is -1.75. The van der Waals surface area contributed by atoms with E-state index < -0.39 is 12.6 Å². The number of hydrogen-bond donors (Lipinski definition) is 0. The molecule has 1 atom stereocenters. The predicted octanol–water partition coefficient (Wildman–Crippen LogP) is 2.93. The fourth-order valence-electron chi connectivity index (χ4n) is 1.73. The molecule has 0 aromatic carbocycles. The van der Waals surface area contributed by atoms with Gasteiger partial charge in [-0.25, -0.2) is 0 Å². The summed E-state index contributed by atoms with van der Waals surface area (Å²) in [6.45, 7) is 2.60. The van der Waals surface area contributed by atoms with E-state index in [1.165, 1.54) is 0 Å². The molecule has 18 heavy (non-hydrogen) atoms. The number of hydrogen-bond acceptors (Lipinski definition) is 3. The predicted molar refractivity (Wildman–Crippen MR) is 60.5 cm³/mol. The summed E-state index contributed by atoms with van der Waals surface area (Å²) in [5.41, 5.74) is 0. The molecule has 108 valence electrons. The molecule has 1 rings (SSSR count). The lowest BCUT2D eigenvalue weighted by atomic mass is 10.2. The third-order valence-corrected chi connectivity index (χ3v) is 2.65. The van der Waals surface area contributed by atoms with E-state index in [1.807, 2.05) is 0 Å². The van der Waals surface area contributed by atoms with Crippen molar-refractivity contribution in [2.45, 2.75) is 44.4 Å². The minimum atomic E-state index is -4.08. The van der Waals surface area contributed by atoms with Crippen molar-refractivity contribution < 1.29 is 27.4 Å². The molecule has 0 aromatic rings. The van der Waals surface area contributed by atoms with Crippen LogP contribution >= 0.6 is 0 Å². The Morgan fingerprint density at radius 3 is 2.44 bits per heavy atom. The molecule has 0 aliphatic carbocycles. The van der Waals surface area contributed by atoms with Gasteiger partial charge in [0.1, 0.15) is 0 Å². The lowest BCUT2D eigenvalue weighted by Gasteiger charge is -2.10. The van der Waals surface area contributed by atoms with Gasteiger partial charge in [0.05, 0.1) is 12.7 Å². The van der Waals surface area contributed by atoms with Crippen molar-refractivity contribution in [1.82, 2.24) is 0 Å². The zero-order chi connectivity index (χ0) is 13.3. The second kappa shape index (κ2) is 8.72. The van der Waals surface area contributed by atoms with Crippen LogP contribution in [0.15, 0.2) is 0 Å². The van der Waals surface area contributed by atoms with E-state index >= 15 is 0 Å². The Morgan fingerprint density at radius 1 is 1.06 bits per heavy atom. The van der Waals surface area contributed by atoms with Gasteiger partial charge >= 0.3 is 6.18 Å². The van der Waals surface area contributed by atoms with Crippen LogP contribution in [0.25, 0.3) is 0 Å². The molecule has 1 fully saturated rings. The molecule has 3 nitrogen and oxygen atoms in total. The van der Waals surface area contributed by atoms with Crippen molar-refractivity contribution >= 4 is 0 Å². The first kappa shape index (κ1) is 15.7. The molecule has 0 amide bonds. The second-order valence-electron chi connectivity index (χ2n) is 4.39. The second-order valence-corrected chi connectivity index (χ2v) is 4.39. The summed E-state index contributed by atoms with van der Waals surface area (Å²) in [4.78, 5) is 0. The minimum Gasteiger partial charge on any atom is -0.381 e. The van der Waals surface area contributed by atoms with Gasteiger partial charge in [0.25, 0.3) is 0 Å². The van der Waals surface area contributed by atoms with Gasteiger partial charge in [0, 0.05) is 32.8 Å². The molecular formula is C12H21F3O3. The zero-order valence-corrected chi connectivity index (χ0v) is 10.5. The third kappa shape index (κ3) is 8.72. The lowest BCUT2D eigenvalue weighted by Crippen LogP contribution is -2.15. The van der Waals surface area contributed by atoms with Gasteiger partial charge in [-0.05, 0) is 25.7 Å². The highest BCUT2D eigenvalue weighted by Gasteiger charge is 2.25. The van der Waals surface area contributed by atoms with E-state index in [0.29, 0.717) is 26.2 Å². The average molecular weight is 270 g/mol. The molecule has 0 bridgehead atoms. The number of halogens is 3. The molecule has 0 saturated carbocycles. The van der Waals surface area contributed by atoms with Crippen molar-refractivity contribution in [3.8, 4) is 0 Å². The Kier molecular flexibility index (Phi) is 7.62. The van der Waals surface area contributed by atoms with Gasteiger partial charge < -0.3 is 14.2 Å². The molecule has 0 N–H and O–H groups in total. The highest BCUT2D eigenvalue weighted by molar-refractivity contribution is 4.63. The van der Waals surface area contributed by atoms with Crippen molar-refractivity contribution in [3.63, 3.8) is 0 Å². The molecule has 1 unspecified atom stereocenters. The number of rotatable bonds is 9. The van der Waals surface area contributed by atoms with Gasteiger partial charge in [-0.1, -0.05) is 0 Å². The van der Waals surface area contributed by atoms with E-state index in [0.717, 1.165) is 19.4 Å². The highest BCUT2D eigenvalue weighted by Crippen LogP contribution is 2.20. The van der Waals surface area contributed by atoms with Gasteiger partial charge in [-0.15, -0.1) is 0 Å². The molecule has 1 aliphatic heterocycles. The summed E-state index contributed by atoms with van der Waals surface area (Å²) in [5, 5.41) is 0. The maximum absolute atomic E-state index is 11.8. The van der Waals surface area contributed by atoms with Crippen LogP contribution in [0.3, 0.4) is 0 Å². The lowest BCUT2D eigenvalue weighted by molar-refractivity contribution is -0.137. The Hall–Kier alpha value is -0.330. The van der Waals surface area contributed by atoms with Crippen LogP contribution in [0, 0.1) is 0 Å². The number of alkyl halides is 3. The van der Waals surface area contributed by atoms with Gasteiger partial charge in [0.15, 0.2) is 0 Å². The van der Waals surface area contributed by atoms with Crippen molar-refractivity contribution in [3.05, 3.63) is 0 Å². The molecular weight excluding hydrogens is 249 g/mol. The molecule has 1 saturated heterocycles. The third-order valence-electron chi connectivity index (χ3n) is 2.65. The van der Waals surface area contributed by atoms with Crippen molar-refractivity contribution in [2.24, 2.45) is 0 Å². The fourth-order valence-corrected chi connectivity index (χ4v) is 1.73. The van der Waals surface area contributed by atoms with Crippen LogP contribution in [0.2, 0.25) is 0 Å². The summed E-state index contributed by atoms with van der Waals surface area (Å²) in [5.74, 6) is 0. The van der Waals surface area contributed by atoms with Crippen molar-refractivity contribution in [1.29, 1.82) is 0 Å². The van der Waals surface area contributed by atoms with E-state index in [4.69, 9.17) is 14.2 Å². The quantitative estimate of drug-likeness (QED) is 0.603. The maximum Gasteiger partial charge on any atom is 0.389 e. The fraction of sp³-hybridized carbons (Fsp3) is 1.00. The van der Waals surface area contributed by atoms with Crippen LogP contribution in [0.4, 0.5) is 13.2 Å². The summed E-state index contributed by atoms with van der Waals surface area (Å²) in [7, 11) is 0. The largest absolute Gasteiger partial charge is 0.389 e. The standard InChI is InChI=1S/C12H21F3O3/c13-12(14,15)5-2-6-16-7-3-8-17-10-11-4-1-9-18-11/h11H,1-10H2. The Morgan fingerprint density at radius 2 is 1.78 bits per heavy atom. The molecule has 0 aromatic heterocycles. The molecule has 0 spiro atoms. The zero-order valence-electron chi connectivity index (χ0n) is 10.5. The highest BCUT2D eigenvalue weighted by atomic mass is 19.4. The first-order chi connectivity index (χ1) is 8.58. The van der Waals surface area contributed by atoms with Crippen LogP contribution in [-0.4, -0.2) is 45.3 Å². The Balaban J connectivity index is 1.76. The maximum atomic E-state index is 11.8. The van der Waals surface area contributed by atoms with Gasteiger partial charge in [0.2, 0.25) is 0 Å². The molecule has 6 heteroatoms. The van der Waals surface area contributed by atoms with E-state index in [9.17, 15) is 13.2 Å². The topological polar surface area (TPSA) is 27.7 Å². The number of ether oxygens (including phenoxy) is 3. The summed E-state index contributed by atoms with van der Waals surface area (Å²) >= 11 is 0. The molecule has 0 radical (unpaired) electrons. The summed E-state index contributed by atoms with van der Waals surface area (Å²) in [6, 6.07) is 0. The first-order valence-electron chi connectivity index (χ1n) is 6.42. The summed E-state index contributed by atoms with van der Waals surface area (Å²) < 4.78 is 51.2. The Labute approximate surface area is 106 Å². The van der Waals surface area contributed by atoms with E-state index in [2.05, 4.69) is 0 Å². The average Bonchev–Trinajstić information content (AvgIpc) is 2.78. The molecule has 1 heterocycles. The van der Waals surface area contributed by atoms with Gasteiger partial charge in [-0.3, -0.25) is 0 Å². The SMILES string of the molecule is FC(F)(F)CCCOCCCOCC1CCCO1. The van der Waals surface area contributed by atoms with Gasteiger partial charge in [-0.2, -0.15) is 13.2 Å². The van der Waals surface area contributed by atoms with Crippen LogP contribution < -0.4 is 0 Å². The normalized spacial score (nSPS) is 20.5. The van der Waals surface area contributed by atoms with Crippen LogP contribution in [-0.2, 0) is 14.2 Å². The minimum absolute atomic E-state index is 0.0280. The van der Waals surface area contributed by atoms with Crippen LogP contribution in [0.1, 0.15) is 32.1 Å². The van der Waals surface area contributed by atoms with E-state index in [-0.39, 0.29) is 19.1 Å². The Bertz CT molecular complexity index is 203. The van der Waals surface area contributed by atoms with Crippen LogP contribution in [0.5, 0.6) is 0 Å².